The molecule has 0 aliphatic rings. The van der Waals surface area contributed by atoms with E-state index in [0.717, 1.165) is 30.2 Å². The standard InChI is InChI=1S/C16H20O/c1-4-11-9-13(6-3)14-8-7-12(5-2)16(17)15(14)10-11/h7-10,17H,4-6H2,1-3H3. The first-order chi connectivity index (χ1) is 8.21. The average Bonchev–Trinajstić information content (AvgIpc) is 2.38. The topological polar surface area (TPSA) is 20.2 Å². The highest BCUT2D eigenvalue weighted by Crippen LogP contribution is 2.32. The zero-order valence-electron chi connectivity index (χ0n) is 10.9. The van der Waals surface area contributed by atoms with Gasteiger partial charge in [0.25, 0.3) is 0 Å². The Labute approximate surface area is 103 Å². The van der Waals surface area contributed by atoms with Crippen molar-refractivity contribution in [1.82, 2.24) is 0 Å². The molecule has 2 rings (SSSR count). The summed E-state index contributed by atoms with van der Waals surface area (Å²) in [6, 6.07) is 8.57. The lowest BCUT2D eigenvalue weighted by Crippen LogP contribution is -1.91. The minimum atomic E-state index is 0.468. The Hall–Kier alpha value is -1.50. The highest BCUT2D eigenvalue weighted by molar-refractivity contribution is 5.92. The third-order valence-electron chi connectivity index (χ3n) is 3.51. The van der Waals surface area contributed by atoms with Crippen molar-refractivity contribution in [1.29, 1.82) is 0 Å². The molecule has 0 amide bonds. The summed E-state index contributed by atoms with van der Waals surface area (Å²) >= 11 is 0. The van der Waals surface area contributed by atoms with Gasteiger partial charge < -0.3 is 5.11 Å². The first-order valence-corrected chi connectivity index (χ1v) is 6.47. The van der Waals surface area contributed by atoms with Gasteiger partial charge >= 0.3 is 0 Å². The van der Waals surface area contributed by atoms with Gasteiger partial charge in [0.1, 0.15) is 5.75 Å². The van der Waals surface area contributed by atoms with Crippen molar-refractivity contribution in [3.63, 3.8) is 0 Å². The lowest BCUT2D eigenvalue weighted by molar-refractivity contribution is 0.475. The number of hydrogen-bond donors (Lipinski definition) is 1. The fraction of sp³-hybridized carbons (Fsp3) is 0.375. The molecule has 0 fully saturated rings. The fourth-order valence-electron chi connectivity index (χ4n) is 2.39. The third-order valence-corrected chi connectivity index (χ3v) is 3.51. The van der Waals surface area contributed by atoms with Gasteiger partial charge in [0, 0.05) is 5.39 Å². The number of fused-ring (bicyclic) bond motifs is 1. The fourth-order valence-corrected chi connectivity index (χ4v) is 2.39. The molecule has 0 aliphatic heterocycles. The van der Waals surface area contributed by atoms with Crippen LogP contribution in [0.2, 0.25) is 0 Å². The van der Waals surface area contributed by atoms with E-state index >= 15 is 0 Å². The molecule has 0 spiro atoms. The van der Waals surface area contributed by atoms with E-state index in [1.807, 2.05) is 6.07 Å². The number of phenolic OH excluding ortho intramolecular Hbond substituents is 1. The predicted molar refractivity (Wildman–Crippen MR) is 73.7 cm³/mol. The average molecular weight is 228 g/mol. The molecule has 2 aromatic rings. The Morgan fingerprint density at radius 3 is 2.12 bits per heavy atom. The van der Waals surface area contributed by atoms with E-state index in [1.54, 1.807) is 0 Å². The lowest BCUT2D eigenvalue weighted by Gasteiger charge is -2.11. The second-order valence-corrected chi connectivity index (χ2v) is 4.48. The zero-order chi connectivity index (χ0) is 12.4. The Kier molecular flexibility index (Phi) is 3.37. The Morgan fingerprint density at radius 1 is 0.824 bits per heavy atom. The second-order valence-electron chi connectivity index (χ2n) is 4.48. The van der Waals surface area contributed by atoms with Crippen LogP contribution in [0, 0.1) is 0 Å². The quantitative estimate of drug-likeness (QED) is 0.833. The number of phenols is 1. The Balaban J connectivity index is 2.80. The van der Waals surface area contributed by atoms with Crippen LogP contribution >= 0.6 is 0 Å². The van der Waals surface area contributed by atoms with Crippen LogP contribution in [-0.2, 0) is 19.3 Å². The van der Waals surface area contributed by atoms with Gasteiger partial charge in [-0.2, -0.15) is 0 Å². The molecule has 0 heterocycles. The first-order valence-electron chi connectivity index (χ1n) is 6.47. The summed E-state index contributed by atoms with van der Waals surface area (Å²) in [5.41, 5.74) is 3.67. The van der Waals surface area contributed by atoms with Gasteiger partial charge in [-0.15, -0.1) is 0 Å². The molecular weight excluding hydrogens is 208 g/mol. The molecule has 0 aliphatic carbocycles. The molecule has 17 heavy (non-hydrogen) atoms. The van der Waals surface area contributed by atoms with E-state index in [-0.39, 0.29) is 0 Å². The van der Waals surface area contributed by atoms with E-state index in [0.29, 0.717) is 5.75 Å². The van der Waals surface area contributed by atoms with Crippen LogP contribution in [0.3, 0.4) is 0 Å². The zero-order valence-corrected chi connectivity index (χ0v) is 10.9. The smallest absolute Gasteiger partial charge is 0.126 e. The monoisotopic (exact) mass is 228 g/mol. The van der Waals surface area contributed by atoms with Crippen LogP contribution in [0.5, 0.6) is 5.75 Å². The van der Waals surface area contributed by atoms with Crippen LogP contribution < -0.4 is 0 Å². The van der Waals surface area contributed by atoms with Crippen LogP contribution in [0.4, 0.5) is 0 Å². The highest BCUT2D eigenvalue weighted by atomic mass is 16.3. The van der Waals surface area contributed by atoms with Crippen LogP contribution in [-0.4, -0.2) is 5.11 Å². The Morgan fingerprint density at radius 2 is 1.53 bits per heavy atom. The number of rotatable bonds is 3. The molecule has 0 saturated carbocycles. The molecule has 90 valence electrons. The van der Waals surface area contributed by atoms with Crippen molar-refractivity contribution < 1.29 is 5.11 Å². The Bertz CT molecular complexity index is 541. The highest BCUT2D eigenvalue weighted by Gasteiger charge is 2.09. The van der Waals surface area contributed by atoms with Crippen molar-refractivity contribution in [3.8, 4) is 5.75 Å². The molecular formula is C16H20O. The van der Waals surface area contributed by atoms with Gasteiger partial charge in [0.15, 0.2) is 0 Å². The SMILES string of the molecule is CCc1cc(CC)c2ccc(CC)c(O)c2c1. The van der Waals surface area contributed by atoms with Crippen molar-refractivity contribution >= 4 is 10.8 Å². The predicted octanol–water partition coefficient (Wildman–Crippen LogP) is 4.23. The van der Waals surface area contributed by atoms with Crippen molar-refractivity contribution in [2.45, 2.75) is 40.0 Å². The third kappa shape index (κ3) is 2.02. The molecule has 0 atom stereocenters. The van der Waals surface area contributed by atoms with Crippen molar-refractivity contribution in [2.24, 2.45) is 0 Å². The van der Waals surface area contributed by atoms with E-state index in [4.69, 9.17) is 0 Å². The first kappa shape index (κ1) is 12.0. The molecule has 0 bridgehead atoms. The van der Waals surface area contributed by atoms with E-state index in [9.17, 15) is 5.11 Å². The summed E-state index contributed by atoms with van der Waals surface area (Å²) in [5.74, 6) is 0.468. The summed E-state index contributed by atoms with van der Waals surface area (Å²) < 4.78 is 0. The molecule has 0 radical (unpaired) electrons. The van der Waals surface area contributed by atoms with E-state index < -0.39 is 0 Å². The van der Waals surface area contributed by atoms with Gasteiger partial charge in [-0.05, 0) is 47.4 Å². The maximum absolute atomic E-state index is 10.3. The maximum atomic E-state index is 10.3. The van der Waals surface area contributed by atoms with Gasteiger partial charge in [0.2, 0.25) is 0 Å². The van der Waals surface area contributed by atoms with Crippen LogP contribution in [0.1, 0.15) is 37.5 Å². The molecule has 1 heteroatoms. The molecule has 2 aromatic carbocycles. The summed E-state index contributed by atoms with van der Waals surface area (Å²) in [4.78, 5) is 0. The summed E-state index contributed by atoms with van der Waals surface area (Å²) in [6.07, 6.45) is 2.90. The number of aryl methyl sites for hydroxylation is 3. The number of benzene rings is 2. The molecule has 1 nitrogen and oxygen atoms in total. The van der Waals surface area contributed by atoms with Gasteiger partial charge in [-0.3, -0.25) is 0 Å². The summed E-state index contributed by atoms with van der Waals surface area (Å²) in [7, 11) is 0. The van der Waals surface area contributed by atoms with E-state index in [1.165, 1.54) is 16.5 Å². The molecule has 0 saturated heterocycles. The molecule has 0 aromatic heterocycles. The number of aromatic hydroxyl groups is 1. The lowest BCUT2D eigenvalue weighted by atomic mass is 9.95. The largest absolute Gasteiger partial charge is 0.507 e. The van der Waals surface area contributed by atoms with Gasteiger partial charge in [-0.1, -0.05) is 39.0 Å². The molecule has 1 N–H and O–H groups in total. The van der Waals surface area contributed by atoms with E-state index in [2.05, 4.69) is 39.0 Å². The summed E-state index contributed by atoms with van der Waals surface area (Å²) in [5, 5.41) is 12.5. The van der Waals surface area contributed by atoms with Crippen molar-refractivity contribution in [2.75, 3.05) is 0 Å². The van der Waals surface area contributed by atoms with Crippen molar-refractivity contribution in [3.05, 3.63) is 41.0 Å². The van der Waals surface area contributed by atoms with Crippen LogP contribution in [0.15, 0.2) is 24.3 Å². The summed E-state index contributed by atoms with van der Waals surface area (Å²) in [6.45, 7) is 6.39. The minimum absolute atomic E-state index is 0.468. The minimum Gasteiger partial charge on any atom is -0.507 e. The number of hydrogen-bond acceptors (Lipinski definition) is 1. The normalized spacial score (nSPS) is 11.0. The maximum Gasteiger partial charge on any atom is 0.126 e. The second kappa shape index (κ2) is 4.79. The van der Waals surface area contributed by atoms with Crippen LogP contribution in [0.25, 0.3) is 10.8 Å². The van der Waals surface area contributed by atoms with Gasteiger partial charge in [0.05, 0.1) is 0 Å². The molecule has 0 unspecified atom stereocenters. The van der Waals surface area contributed by atoms with Gasteiger partial charge in [-0.25, -0.2) is 0 Å².